The molecule has 2 nitrogen and oxygen atoms in total. The predicted octanol–water partition coefficient (Wildman–Crippen LogP) is 2.76. The van der Waals surface area contributed by atoms with Crippen molar-refractivity contribution in [3.63, 3.8) is 0 Å². The van der Waals surface area contributed by atoms with Crippen LogP contribution >= 0.6 is 23.8 Å². The molecule has 0 amide bonds. The van der Waals surface area contributed by atoms with Crippen LogP contribution in [0, 0.1) is 4.64 Å². The van der Waals surface area contributed by atoms with Gasteiger partial charge in [0.15, 0.2) is 0 Å². The Bertz CT molecular complexity index is 372. The summed E-state index contributed by atoms with van der Waals surface area (Å²) in [6.07, 6.45) is 4.63. The number of hydrogen-bond donors (Lipinski definition) is 1. The molecule has 0 atom stereocenters. The van der Waals surface area contributed by atoms with E-state index >= 15 is 0 Å². The standard InChI is InChI=1S/C9H11ClN2S/c10-5-8-11-7-4-2-1-3-6(7)9(13)12-8/h1-5H2,(H,11,12,13). The van der Waals surface area contributed by atoms with Gasteiger partial charge in [-0.25, -0.2) is 4.98 Å². The third-order valence-electron chi connectivity index (χ3n) is 2.38. The molecule has 13 heavy (non-hydrogen) atoms. The van der Waals surface area contributed by atoms with Gasteiger partial charge >= 0.3 is 0 Å². The molecule has 0 fully saturated rings. The zero-order chi connectivity index (χ0) is 9.26. The van der Waals surface area contributed by atoms with Crippen molar-refractivity contribution in [2.24, 2.45) is 0 Å². The second-order valence-electron chi connectivity index (χ2n) is 3.29. The zero-order valence-corrected chi connectivity index (χ0v) is 8.84. The number of nitrogens with one attached hydrogen (secondary N) is 1. The van der Waals surface area contributed by atoms with Crippen molar-refractivity contribution >= 4 is 23.8 Å². The molecule has 0 saturated heterocycles. The maximum absolute atomic E-state index is 5.70. The second kappa shape index (κ2) is 3.76. The fourth-order valence-corrected chi connectivity index (χ4v) is 2.20. The minimum atomic E-state index is 0.414. The molecular formula is C9H11ClN2S. The Morgan fingerprint density at radius 3 is 2.92 bits per heavy atom. The molecular weight excluding hydrogens is 204 g/mol. The maximum atomic E-state index is 5.70. The highest BCUT2D eigenvalue weighted by Crippen LogP contribution is 2.20. The van der Waals surface area contributed by atoms with Gasteiger partial charge in [0.25, 0.3) is 0 Å². The highest BCUT2D eigenvalue weighted by molar-refractivity contribution is 7.71. The molecule has 0 radical (unpaired) electrons. The van der Waals surface area contributed by atoms with E-state index in [1.165, 1.54) is 24.1 Å². The summed E-state index contributed by atoms with van der Waals surface area (Å²) in [6, 6.07) is 0. The van der Waals surface area contributed by atoms with Gasteiger partial charge in [-0.2, -0.15) is 0 Å². The molecule has 1 aromatic rings. The smallest absolute Gasteiger partial charge is 0.133 e. The van der Waals surface area contributed by atoms with Crippen LogP contribution in [0.15, 0.2) is 0 Å². The van der Waals surface area contributed by atoms with E-state index in [1.807, 2.05) is 0 Å². The number of halogens is 1. The predicted molar refractivity (Wildman–Crippen MR) is 55.6 cm³/mol. The van der Waals surface area contributed by atoms with Crippen molar-refractivity contribution in [3.8, 4) is 0 Å². The van der Waals surface area contributed by atoms with Crippen LogP contribution in [0.25, 0.3) is 0 Å². The van der Waals surface area contributed by atoms with Crippen molar-refractivity contribution < 1.29 is 0 Å². The summed E-state index contributed by atoms with van der Waals surface area (Å²) in [4.78, 5) is 7.48. The Balaban J connectivity index is 2.53. The lowest BCUT2D eigenvalue weighted by molar-refractivity contribution is 0.654. The van der Waals surface area contributed by atoms with Crippen LogP contribution < -0.4 is 0 Å². The number of H-pyrrole nitrogens is 1. The number of alkyl halides is 1. The molecule has 70 valence electrons. The largest absolute Gasteiger partial charge is 0.346 e. The third kappa shape index (κ3) is 1.76. The van der Waals surface area contributed by atoms with Crippen molar-refractivity contribution in [2.75, 3.05) is 0 Å². The number of aromatic amines is 1. The monoisotopic (exact) mass is 214 g/mol. The van der Waals surface area contributed by atoms with Crippen molar-refractivity contribution in [2.45, 2.75) is 31.6 Å². The Kier molecular flexibility index (Phi) is 2.65. The van der Waals surface area contributed by atoms with Gasteiger partial charge in [0.2, 0.25) is 0 Å². The lowest BCUT2D eigenvalue weighted by Crippen LogP contribution is -2.09. The number of rotatable bonds is 1. The van der Waals surface area contributed by atoms with E-state index in [0.717, 1.165) is 23.3 Å². The minimum absolute atomic E-state index is 0.414. The topological polar surface area (TPSA) is 28.7 Å². The molecule has 0 spiro atoms. The average molecular weight is 215 g/mol. The SMILES string of the molecule is S=c1nc(CCl)[nH]c2c1CCCC2. The molecule has 2 rings (SSSR count). The quantitative estimate of drug-likeness (QED) is 0.575. The molecule has 0 saturated carbocycles. The van der Waals surface area contributed by atoms with E-state index in [-0.39, 0.29) is 0 Å². The van der Waals surface area contributed by atoms with Gasteiger partial charge in [0.1, 0.15) is 10.5 Å². The van der Waals surface area contributed by atoms with Gasteiger partial charge in [-0.1, -0.05) is 12.2 Å². The highest BCUT2D eigenvalue weighted by Gasteiger charge is 2.12. The number of aryl methyl sites for hydroxylation is 1. The average Bonchev–Trinajstić information content (AvgIpc) is 2.18. The zero-order valence-electron chi connectivity index (χ0n) is 7.27. The Morgan fingerprint density at radius 2 is 2.15 bits per heavy atom. The van der Waals surface area contributed by atoms with Crippen LogP contribution in [0.2, 0.25) is 0 Å². The van der Waals surface area contributed by atoms with Crippen LogP contribution in [-0.2, 0) is 18.7 Å². The van der Waals surface area contributed by atoms with Crippen LogP contribution in [0.1, 0.15) is 29.9 Å². The normalized spacial score (nSPS) is 15.5. The Morgan fingerprint density at radius 1 is 1.38 bits per heavy atom. The van der Waals surface area contributed by atoms with E-state index in [0.29, 0.717) is 5.88 Å². The van der Waals surface area contributed by atoms with Crippen LogP contribution in [0.4, 0.5) is 0 Å². The van der Waals surface area contributed by atoms with E-state index < -0.39 is 0 Å². The first-order valence-electron chi connectivity index (χ1n) is 4.48. The summed E-state index contributed by atoms with van der Waals surface area (Å²) in [5.74, 6) is 1.21. The third-order valence-corrected chi connectivity index (χ3v) is 2.98. The lowest BCUT2D eigenvalue weighted by Gasteiger charge is -2.15. The molecule has 0 aromatic carbocycles. The first-order valence-corrected chi connectivity index (χ1v) is 5.42. The van der Waals surface area contributed by atoms with Crippen molar-refractivity contribution in [1.82, 2.24) is 9.97 Å². The van der Waals surface area contributed by atoms with Crippen LogP contribution in [0.3, 0.4) is 0 Å². The van der Waals surface area contributed by atoms with Gasteiger partial charge in [0, 0.05) is 11.3 Å². The summed E-state index contributed by atoms with van der Waals surface area (Å²) in [5.41, 5.74) is 2.48. The Hall–Kier alpha value is -0.410. The molecule has 4 heteroatoms. The summed E-state index contributed by atoms with van der Waals surface area (Å²) in [6.45, 7) is 0. The first-order chi connectivity index (χ1) is 6.31. The second-order valence-corrected chi connectivity index (χ2v) is 3.94. The van der Waals surface area contributed by atoms with Crippen molar-refractivity contribution in [3.05, 3.63) is 21.7 Å². The molecule has 1 aliphatic rings. The number of fused-ring (bicyclic) bond motifs is 1. The van der Waals surface area contributed by atoms with Crippen LogP contribution in [0.5, 0.6) is 0 Å². The summed E-state index contributed by atoms with van der Waals surface area (Å²) < 4.78 is 0.740. The molecule has 1 aliphatic carbocycles. The van der Waals surface area contributed by atoms with E-state index in [2.05, 4.69) is 9.97 Å². The van der Waals surface area contributed by atoms with E-state index in [9.17, 15) is 0 Å². The molecule has 0 unspecified atom stereocenters. The minimum Gasteiger partial charge on any atom is -0.346 e. The van der Waals surface area contributed by atoms with Crippen LogP contribution in [-0.4, -0.2) is 9.97 Å². The molecule has 0 bridgehead atoms. The van der Waals surface area contributed by atoms with Gasteiger partial charge in [-0.3, -0.25) is 0 Å². The maximum Gasteiger partial charge on any atom is 0.133 e. The number of aromatic nitrogens is 2. The molecule has 1 aromatic heterocycles. The van der Waals surface area contributed by atoms with Gasteiger partial charge < -0.3 is 4.98 Å². The van der Waals surface area contributed by atoms with Crippen molar-refractivity contribution in [1.29, 1.82) is 0 Å². The fraction of sp³-hybridized carbons (Fsp3) is 0.556. The molecule has 1 N–H and O–H groups in total. The Labute approximate surface area is 87.4 Å². The summed E-state index contributed by atoms with van der Waals surface area (Å²) in [5, 5.41) is 0. The summed E-state index contributed by atoms with van der Waals surface area (Å²) >= 11 is 10.9. The highest BCUT2D eigenvalue weighted by atomic mass is 35.5. The number of nitrogens with zero attached hydrogens (tertiary/aromatic N) is 1. The van der Waals surface area contributed by atoms with Gasteiger partial charge in [-0.05, 0) is 25.7 Å². The number of hydrogen-bond acceptors (Lipinski definition) is 2. The fourth-order valence-electron chi connectivity index (χ4n) is 1.73. The first kappa shape index (κ1) is 9.16. The lowest BCUT2D eigenvalue weighted by atomic mass is 9.97. The molecule has 1 heterocycles. The van der Waals surface area contributed by atoms with Gasteiger partial charge in [-0.15, -0.1) is 11.6 Å². The van der Waals surface area contributed by atoms with Gasteiger partial charge in [0.05, 0.1) is 5.88 Å². The van der Waals surface area contributed by atoms with E-state index in [1.54, 1.807) is 0 Å². The summed E-state index contributed by atoms with van der Waals surface area (Å²) in [7, 11) is 0. The molecule has 0 aliphatic heterocycles. The van der Waals surface area contributed by atoms with E-state index in [4.69, 9.17) is 23.8 Å².